The third-order valence-corrected chi connectivity index (χ3v) is 4.50. The van der Waals surface area contributed by atoms with Crippen LogP contribution in [0.4, 0.5) is 5.82 Å². The van der Waals surface area contributed by atoms with Gasteiger partial charge in [0.05, 0.1) is 0 Å². The monoisotopic (exact) mass is 325 g/mol. The highest BCUT2D eigenvalue weighted by Gasteiger charge is 2.29. The number of aryl methyl sites for hydroxylation is 1. The molecule has 0 radical (unpaired) electrons. The lowest BCUT2D eigenvalue weighted by Gasteiger charge is -2.42. The summed E-state index contributed by atoms with van der Waals surface area (Å²) in [6.45, 7) is 10.2. The Hall–Kier alpha value is -0.640. The van der Waals surface area contributed by atoms with Gasteiger partial charge < -0.3 is 4.90 Å². The standard InChI is InChI=1S/C15H24BrN3/c1-5-6-14-17-13(16)8-15(18-14)19-9-10(2)7-11(3)12(19)4/h8,10-12H,5-7,9H2,1-4H3. The number of halogens is 1. The minimum atomic E-state index is 0.549. The second-order valence-electron chi connectivity index (χ2n) is 5.93. The molecule has 0 saturated carbocycles. The van der Waals surface area contributed by atoms with E-state index in [0.717, 1.165) is 41.5 Å². The van der Waals surface area contributed by atoms with Crippen LogP contribution in [-0.2, 0) is 6.42 Å². The minimum Gasteiger partial charge on any atom is -0.353 e. The average molecular weight is 326 g/mol. The van der Waals surface area contributed by atoms with Crippen LogP contribution in [0.2, 0.25) is 0 Å². The van der Waals surface area contributed by atoms with E-state index < -0.39 is 0 Å². The van der Waals surface area contributed by atoms with Crippen LogP contribution in [0.1, 0.15) is 46.4 Å². The molecule has 1 aromatic rings. The van der Waals surface area contributed by atoms with Crippen LogP contribution in [0.5, 0.6) is 0 Å². The Labute approximate surface area is 125 Å². The van der Waals surface area contributed by atoms with E-state index in [4.69, 9.17) is 4.98 Å². The van der Waals surface area contributed by atoms with E-state index in [1.807, 2.05) is 0 Å². The van der Waals surface area contributed by atoms with E-state index in [2.05, 4.69) is 59.6 Å². The van der Waals surface area contributed by atoms with Crippen LogP contribution in [0.3, 0.4) is 0 Å². The van der Waals surface area contributed by atoms with Crippen LogP contribution >= 0.6 is 15.9 Å². The zero-order chi connectivity index (χ0) is 14.0. The summed E-state index contributed by atoms with van der Waals surface area (Å²) in [5.74, 6) is 3.47. The SMILES string of the molecule is CCCc1nc(Br)cc(N2CC(C)CC(C)C2C)n1. The first-order valence-corrected chi connectivity index (χ1v) is 8.10. The molecule has 1 aliphatic heterocycles. The molecular weight excluding hydrogens is 302 g/mol. The maximum Gasteiger partial charge on any atom is 0.133 e. The normalized spacial score (nSPS) is 27.6. The van der Waals surface area contributed by atoms with Gasteiger partial charge in [-0.3, -0.25) is 0 Å². The number of piperidine rings is 1. The molecule has 1 aliphatic rings. The third-order valence-electron chi connectivity index (χ3n) is 4.09. The Morgan fingerprint density at radius 1 is 1.32 bits per heavy atom. The van der Waals surface area contributed by atoms with Crippen LogP contribution in [0.15, 0.2) is 10.7 Å². The van der Waals surface area contributed by atoms with E-state index in [1.54, 1.807) is 0 Å². The molecule has 0 amide bonds. The highest BCUT2D eigenvalue weighted by atomic mass is 79.9. The largest absolute Gasteiger partial charge is 0.353 e. The van der Waals surface area contributed by atoms with Gasteiger partial charge in [0, 0.05) is 25.1 Å². The topological polar surface area (TPSA) is 29.0 Å². The quantitative estimate of drug-likeness (QED) is 0.784. The maximum absolute atomic E-state index is 4.75. The molecule has 1 aromatic heterocycles. The molecule has 0 N–H and O–H groups in total. The smallest absolute Gasteiger partial charge is 0.133 e. The Balaban J connectivity index is 2.28. The van der Waals surface area contributed by atoms with Crippen molar-refractivity contribution in [1.29, 1.82) is 0 Å². The molecule has 4 heteroatoms. The van der Waals surface area contributed by atoms with Crippen LogP contribution in [-0.4, -0.2) is 22.6 Å². The molecule has 106 valence electrons. The van der Waals surface area contributed by atoms with Gasteiger partial charge in [-0.25, -0.2) is 9.97 Å². The molecule has 1 saturated heterocycles. The Bertz CT molecular complexity index is 435. The summed E-state index contributed by atoms with van der Waals surface area (Å²) >= 11 is 3.52. The highest BCUT2D eigenvalue weighted by Crippen LogP contribution is 2.31. The summed E-state index contributed by atoms with van der Waals surface area (Å²) in [4.78, 5) is 11.7. The summed E-state index contributed by atoms with van der Waals surface area (Å²) in [5.41, 5.74) is 0. The van der Waals surface area contributed by atoms with E-state index in [1.165, 1.54) is 6.42 Å². The number of rotatable bonds is 3. The first kappa shape index (κ1) is 14.8. The Kier molecular flexibility index (Phi) is 4.82. The van der Waals surface area contributed by atoms with E-state index in [-0.39, 0.29) is 0 Å². The summed E-state index contributed by atoms with van der Waals surface area (Å²) in [6.07, 6.45) is 3.34. The van der Waals surface area contributed by atoms with Crippen LogP contribution in [0, 0.1) is 11.8 Å². The predicted molar refractivity (Wildman–Crippen MR) is 83.5 cm³/mol. The Morgan fingerprint density at radius 2 is 2.05 bits per heavy atom. The van der Waals surface area contributed by atoms with Gasteiger partial charge in [0.2, 0.25) is 0 Å². The summed E-state index contributed by atoms with van der Waals surface area (Å²) in [6, 6.07) is 2.60. The molecule has 3 atom stereocenters. The van der Waals surface area contributed by atoms with Gasteiger partial charge in [0.1, 0.15) is 16.2 Å². The number of aromatic nitrogens is 2. The van der Waals surface area contributed by atoms with Gasteiger partial charge in [0.15, 0.2) is 0 Å². The fourth-order valence-corrected chi connectivity index (χ4v) is 3.36. The van der Waals surface area contributed by atoms with Crippen LogP contribution in [0.25, 0.3) is 0 Å². The maximum atomic E-state index is 4.75. The minimum absolute atomic E-state index is 0.549. The Morgan fingerprint density at radius 3 is 2.74 bits per heavy atom. The zero-order valence-corrected chi connectivity index (χ0v) is 13.9. The first-order valence-electron chi connectivity index (χ1n) is 7.31. The second-order valence-corrected chi connectivity index (χ2v) is 6.74. The summed E-state index contributed by atoms with van der Waals surface area (Å²) < 4.78 is 0.902. The molecule has 1 fully saturated rings. The number of hydrogen-bond donors (Lipinski definition) is 0. The highest BCUT2D eigenvalue weighted by molar-refractivity contribution is 9.10. The van der Waals surface area contributed by atoms with Gasteiger partial charge in [-0.1, -0.05) is 20.8 Å². The first-order chi connectivity index (χ1) is 9.01. The molecule has 2 rings (SSSR count). The molecule has 0 aliphatic carbocycles. The zero-order valence-electron chi connectivity index (χ0n) is 12.4. The average Bonchev–Trinajstić information content (AvgIpc) is 2.33. The van der Waals surface area contributed by atoms with Crippen molar-refractivity contribution < 1.29 is 0 Å². The molecule has 3 nitrogen and oxygen atoms in total. The van der Waals surface area contributed by atoms with Gasteiger partial charge in [-0.05, 0) is 47.5 Å². The van der Waals surface area contributed by atoms with Gasteiger partial charge in [-0.15, -0.1) is 0 Å². The molecule has 0 aromatic carbocycles. The van der Waals surface area contributed by atoms with Gasteiger partial charge >= 0.3 is 0 Å². The van der Waals surface area contributed by atoms with Crippen LogP contribution < -0.4 is 4.90 Å². The van der Waals surface area contributed by atoms with Crippen molar-refractivity contribution in [3.8, 4) is 0 Å². The summed E-state index contributed by atoms with van der Waals surface area (Å²) in [7, 11) is 0. The van der Waals surface area contributed by atoms with Crippen molar-refractivity contribution in [3.63, 3.8) is 0 Å². The lowest BCUT2D eigenvalue weighted by molar-refractivity contribution is 0.295. The van der Waals surface area contributed by atoms with Gasteiger partial charge in [0.25, 0.3) is 0 Å². The molecule has 19 heavy (non-hydrogen) atoms. The fourth-order valence-electron chi connectivity index (χ4n) is 2.95. The number of hydrogen-bond acceptors (Lipinski definition) is 3. The molecular formula is C15H24BrN3. The number of nitrogens with zero attached hydrogens (tertiary/aromatic N) is 3. The van der Waals surface area contributed by atoms with Crippen molar-refractivity contribution in [2.24, 2.45) is 11.8 Å². The summed E-state index contributed by atoms with van der Waals surface area (Å²) in [5, 5.41) is 0. The van der Waals surface area contributed by atoms with Gasteiger partial charge in [-0.2, -0.15) is 0 Å². The fraction of sp³-hybridized carbons (Fsp3) is 0.733. The van der Waals surface area contributed by atoms with E-state index in [0.29, 0.717) is 12.0 Å². The molecule has 0 bridgehead atoms. The lowest BCUT2D eigenvalue weighted by atomic mass is 9.86. The van der Waals surface area contributed by atoms with Crippen molar-refractivity contribution >= 4 is 21.7 Å². The second kappa shape index (κ2) is 6.21. The van der Waals surface area contributed by atoms with E-state index in [9.17, 15) is 0 Å². The molecule has 3 unspecified atom stereocenters. The van der Waals surface area contributed by atoms with Crippen molar-refractivity contribution in [3.05, 3.63) is 16.5 Å². The third kappa shape index (κ3) is 3.47. The predicted octanol–water partition coefficient (Wildman–Crippen LogP) is 4.06. The van der Waals surface area contributed by atoms with Crippen molar-refractivity contribution in [1.82, 2.24) is 9.97 Å². The van der Waals surface area contributed by atoms with Crippen molar-refractivity contribution in [2.45, 2.75) is 53.0 Å². The molecule has 2 heterocycles. The van der Waals surface area contributed by atoms with Crippen molar-refractivity contribution in [2.75, 3.05) is 11.4 Å². The van der Waals surface area contributed by atoms with E-state index >= 15 is 0 Å². The lowest BCUT2D eigenvalue weighted by Crippen LogP contribution is -2.46. The molecule has 0 spiro atoms. The number of anilines is 1.